The first-order valence-electron chi connectivity index (χ1n) is 19.1. The van der Waals surface area contributed by atoms with Gasteiger partial charge in [0.05, 0.1) is 46.1 Å². The highest BCUT2D eigenvalue weighted by molar-refractivity contribution is 5.88. The lowest BCUT2D eigenvalue weighted by Gasteiger charge is -2.31. The van der Waals surface area contributed by atoms with Gasteiger partial charge in [0, 0.05) is 55.5 Å². The number of carbonyl (C=O) groups excluding carboxylic acids is 2. The molecule has 0 spiro atoms. The number of nitrogens with one attached hydrogen (secondary N) is 1. The Bertz CT molecular complexity index is 1480. The van der Waals surface area contributed by atoms with E-state index in [1.54, 1.807) is 17.3 Å². The van der Waals surface area contributed by atoms with Crippen molar-refractivity contribution in [3.63, 3.8) is 0 Å². The number of pyridine rings is 1. The predicted octanol–water partition coefficient (Wildman–Crippen LogP) is 6.11. The van der Waals surface area contributed by atoms with E-state index in [4.69, 9.17) is 29.5 Å². The minimum atomic E-state index is -0.848. The number of nitrogens with zero attached hydrogens (tertiary/aromatic N) is 7. The highest BCUT2D eigenvalue weighted by Gasteiger charge is 2.28. The number of amides is 2. The van der Waals surface area contributed by atoms with Crippen LogP contribution in [0.2, 0.25) is 0 Å². The summed E-state index contributed by atoms with van der Waals surface area (Å²) >= 11 is 0. The van der Waals surface area contributed by atoms with Crippen molar-refractivity contribution < 1.29 is 38.4 Å². The van der Waals surface area contributed by atoms with Crippen molar-refractivity contribution in [2.24, 2.45) is 5.11 Å². The Morgan fingerprint density at radius 3 is 2.37 bits per heavy atom. The second kappa shape index (κ2) is 24.8. The summed E-state index contributed by atoms with van der Waals surface area (Å²) in [7, 11) is 0. The largest absolute Gasteiger partial charge is 0.481 e. The number of ether oxygens (including phenoxy) is 4. The normalized spacial score (nSPS) is 13.1. The Balaban J connectivity index is 1.29. The first kappa shape index (κ1) is 44.0. The van der Waals surface area contributed by atoms with Crippen molar-refractivity contribution in [3.05, 3.63) is 57.6 Å². The smallest absolute Gasteiger partial charge is 0.416 e. The van der Waals surface area contributed by atoms with Crippen LogP contribution in [0.4, 0.5) is 10.6 Å². The van der Waals surface area contributed by atoms with Gasteiger partial charge in [-0.05, 0) is 87.9 Å². The van der Waals surface area contributed by atoms with Gasteiger partial charge in [-0.3, -0.25) is 14.5 Å². The van der Waals surface area contributed by atoms with E-state index >= 15 is 0 Å². The standard InChI is InChI=1S/C38H58N8O8/c1-38(2,3)54-37(50)46-19-9-11-29-14-15-32(44-36(29)46)12-7-5-4-6-10-30(26-35(48)49)31-27-41-33(42-28-31)13-8-17-40-34(47)16-20-51-22-24-53-25-23-52-21-18-43-45-39/h14-15,27-28,30H,4-13,16-26H2,1-3H3,(H,40,47)(H,48,49)/t30-/m0/s1. The van der Waals surface area contributed by atoms with Crippen molar-refractivity contribution in [2.75, 3.05) is 64.2 Å². The fourth-order valence-electron chi connectivity index (χ4n) is 5.88. The number of carboxylic acid groups (broad SMARTS) is 1. The van der Waals surface area contributed by atoms with E-state index in [1.807, 2.05) is 20.8 Å². The fourth-order valence-corrected chi connectivity index (χ4v) is 5.88. The van der Waals surface area contributed by atoms with Gasteiger partial charge >= 0.3 is 12.1 Å². The zero-order valence-corrected chi connectivity index (χ0v) is 32.2. The third-order valence-electron chi connectivity index (χ3n) is 8.58. The van der Waals surface area contributed by atoms with Crippen molar-refractivity contribution >= 4 is 23.8 Å². The molecule has 2 amide bonds. The van der Waals surface area contributed by atoms with E-state index in [0.717, 1.165) is 68.2 Å². The monoisotopic (exact) mass is 754 g/mol. The molecule has 54 heavy (non-hydrogen) atoms. The maximum Gasteiger partial charge on any atom is 0.416 e. The highest BCUT2D eigenvalue weighted by Crippen LogP contribution is 2.28. The molecule has 1 aliphatic heterocycles. The molecular weight excluding hydrogens is 696 g/mol. The topological polar surface area (TPSA) is 211 Å². The van der Waals surface area contributed by atoms with Gasteiger partial charge in [-0.2, -0.15) is 0 Å². The molecular formula is C38H58N8O8. The van der Waals surface area contributed by atoms with Gasteiger partial charge in [0.2, 0.25) is 5.91 Å². The molecule has 2 N–H and O–H groups in total. The summed E-state index contributed by atoms with van der Waals surface area (Å²) in [6.07, 6.45) is 11.8. The molecule has 2 aromatic rings. The second-order valence-electron chi connectivity index (χ2n) is 14.2. The molecule has 0 saturated heterocycles. The molecule has 3 heterocycles. The molecule has 0 radical (unpaired) electrons. The zero-order valence-electron chi connectivity index (χ0n) is 32.2. The number of hydrogen-bond donors (Lipinski definition) is 2. The van der Waals surface area contributed by atoms with Gasteiger partial charge in [0.1, 0.15) is 17.2 Å². The van der Waals surface area contributed by atoms with Gasteiger partial charge in [0.15, 0.2) is 0 Å². The molecule has 0 aliphatic carbocycles. The van der Waals surface area contributed by atoms with Crippen LogP contribution < -0.4 is 10.2 Å². The number of aliphatic carboxylic acids is 1. The van der Waals surface area contributed by atoms with Crippen molar-refractivity contribution in [1.29, 1.82) is 0 Å². The van der Waals surface area contributed by atoms with Crippen molar-refractivity contribution in [2.45, 2.75) is 109 Å². The van der Waals surface area contributed by atoms with Crippen LogP contribution in [0.15, 0.2) is 29.6 Å². The molecule has 16 nitrogen and oxygen atoms in total. The quantitative estimate of drug-likeness (QED) is 0.0484. The average Bonchev–Trinajstić information content (AvgIpc) is 3.13. The molecule has 2 aromatic heterocycles. The number of anilines is 1. The van der Waals surface area contributed by atoms with Crippen LogP contribution in [0.25, 0.3) is 10.4 Å². The van der Waals surface area contributed by atoms with Crippen LogP contribution in [0, 0.1) is 0 Å². The predicted molar refractivity (Wildman–Crippen MR) is 202 cm³/mol. The first-order chi connectivity index (χ1) is 26.1. The molecule has 0 bridgehead atoms. The number of hydrogen-bond acceptors (Lipinski definition) is 11. The number of azide groups is 1. The van der Waals surface area contributed by atoms with Gasteiger partial charge in [-0.15, -0.1) is 0 Å². The molecule has 298 valence electrons. The number of aromatic nitrogens is 3. The van der Waals surface area contributed by atoms with Crippen LogP contribution in [-0.2, 0) is 47.8 Å². The Hall–Kier alpha value is -4.37. The van der Waals surface area contributed by atoms with Crippen LogP contribution in [-0.4, -0.2) is 103 Å². The van der Waals surface area contributed by atoms with E-state index in [2.05, 4.69) is 37.4 Å². The lowest BCUT2D eigenvalue weighted by atomic mass is 9.92. The Kier molecular flexibility index (Phi) is 20.3. The summed E-state index contributed by atoms with van der Waals surface area (Å²) in [6, 6.07) is 4.13. The molecule has 16 heteroatoms. The third kappa shape index (κ3) is 18.1. The van der Waals surface area contributed by atoms with E-state index in [1.165, 1.54) is 0 Å². The third-order valence-corrected chi connectivity index (χ3v) is 8.58. The van der Waals surface area contributed by atoms with Gasteiger partial charge < -0.3 is 29.4 Å². The first-order valence-corrected chi connectivity index (χ1v) is 19.1. The maximum atomic E-state index is 12.8. The summed E-state index contributed by atoms with van der Waals surface area (Å²) in [4.78, 5) is 54.7. The van der Waals surface area contributed by atoms with Crippen LogP contribution >= 0.6 is 0 Å². The molecule has 1 atom stereocenters. The minimum absolute atomic E-state index is 0.0227. The molecule has 3 rings (SSSR count). The molecule has 0 aromatic carbocycles. The average molecular weight is 755 g/mol. The lowest BCUT2D eigenvalue weighted by molar-refractivity contribution is -0.137. The summed E-state index contributed by atoms with van der Waals surface area (Å²) < 4.78 is 21.7. The summed E-state index contributed by atoms with van der Waals surface area (Å²) in [5.41, 5.74) is 10.5. The number of carboxylic acids is 1. The SMILES string of the molecule is CC(C)(C)OC(=O)N1CCCc2ccc(CCCCCC[C@@H](CC(=O)O)c3cnc(CCCNC(=O)CCOCCOCCOCCN=[N+]=[N-])nc3)nc21. The second-order valence-corrected chi connectivity index (χ2v) is 14.2. The highest BCUT2D eigenvalue weighted by atomic mass is 16.6. The Labute approximate surface area is 318 Å². The number of fused-ring (bicyclic) bond motifs is 1. The summed E-state index contributed by atoms with van der Waals surface area (Å²) in [5.74, 6) is 0.248. The van der Waals surface area contributed by atoms with Gasteiger partial charge in [-0.1, -0.05) is 30.4 Å². The van der Waals surface area contributed by atoms with E-state index in [9.17, 15) is 19.5 Å². The van der Waals surface area contributed by atoms with E-state index < -0.39 is 11.6 Å². The number of carbonyl (C=O) groups is 3. The number of rotatable bonds is 26. The minimum Gasteiger partial charge on any atom is -0.481 e. The zero-order chi connectivity index (χ0) is 39.0. The van der Waals surface area contributed by atoms with Gasteiger partial charge in [-0.25, -0.2) is 19.7 Å². The van der Waals surface area contributed by atoms with E-state index in [-0.39, 0.29) is 30.8 Å². The van der Waals surface area contributed by atoms with Crippen LogP contribution in [0.5, 0.6) is 0 Å². The number of unbranched alkanes of at least 4 members (excludes halogenated alkanes) is 3. The van der Waals surface area contributed by atoms with Gasteiger partial charge in [0.25, 0.3) is 0 Å². The molecule has 1 aliphatic rings. The summed E-state index contributed by atoms with van der Waals surface area (Å²) in [6.45, 7) is 9.21. The molecule has 0 unspecified atom stereocenters. The number of aryl methyl sites for hydroxylation is 3. The molecule has 0 fully saturated rings. The van der Waals surface area contributed by atoms with E-state index in [0.29, 0.717) is 83.8 Å². The van der Waals surface area contributed by atoms with Crippen molar-refractivity contribution in [1.82, 2.24) is 20.3 Å². The maximum absolute atomic E-state index is 12.8. The fraction of sp³-hybridized carbons (Fsp3) is 0.684. The summed E-state index contributed by atoms with van der Waals surface area (Å²) in [5, 5.41) is 15.8. The lowest BCUT2D eigenvalue weighted by Crippen LogP contribution is -2.40. The van der Waals surface area contributed by atoms with Crippen LogP contribution in [0.1, 0.15) is 107 Å². The molecule has 0 saturated carbocycles. The Morgan fingerprint density at radius 2 is 1.67 bits per heavy atom. The van der Waals surface area contributed by atoms with Crippen molar-refractivity contribution in [3.8, 4) is 0 Å². The van der Waals surface area contributed by atoms with Crippen LogP contribution in [0.3, 0.4) is 0 Å². The Morgan fingerprint density at radius 1 is 0.963 bits per heavy atom.